The third-order valence-electron chi connectivity index (χ3n) is 3.11. The van der Waals surface area contributed by atoms with Gasteiger partial charge in [0.1, 0.15) is 0 Å². The molecule has 134 valence electrons. The van der Waals surface area contributed by atoms with Crippen molar-refractivity contribution in [2.24, 2.45) is 0 Å². The minimum absolute atomic E-state index is 0.0338. The molecule has 1 aromatic carbocycles. The van der Waals surface area contributed by atoms with E-state index in [1.807, 2.05) is 52.0 Å². The summed E-state index contributed by atoms with van der Waals surface area (Å²) in [4.78, 5) is 11.9. The molecule has 1 amide bonds. The molecule has 0 unspecified atom stereocenters. The van der Waals surface area contributed by atoms with Crippen LogP contribution in [0.25, 0.3) is 0 Å². The standard InChI is InChI=1S/C16H26N2O.2C2H6/c1-3-5-6-7-12-18-16(19)15-10-8-14(9-11-15)13-17-4-2;2*1-2/h8-11,17H,3-7,12-13H2,1-2H3,(H,18,19);2*1-2H3. The molecule has 0 aliphatic carbocycles. The van der Waals surface area contributed by atoms with Crippen LogP contribution in [0.15, 0.2) is 24.3 Å². The van der Waals surface area contributed by atoms with E-state index < -0.39 is 0 Å². The van der Waals surface area contributed by atoms with Crippen LogP contribution in [-0.4, -0.2) is 19.0 Å². The SMILES string of the molecule is CC.CC.CCCCCCNC(=O)c1ccc(CNCC)cc1. The van der Waals surface area contributed by atoms with Crippen LogP contribution >= 0.6 is 0 Å². The Bertz CT molecular complexity index is 360. The van der Waals surface area contributed by atoms with E-state index in [1.54, 1.807) is 0 Å². The van der Waals surface area contributed by atoms with Gasteiger partial charge in [-0.15, -0.1) is 0 Å². The summed E-state index contributed by atoms with van der Waals surface area (Å²) in [5.41, 5.74) is 1.96. The molecule has 1 rings (SSSR count). The predicted octanol–water partition coefficient (Wildman–Crippen LogP) is 5.16. The summed E-state index contributed by atoms with van der Waals surface area (Å²) >= 11 is 0. The molecule has 0 saturated heterocycles. The van der Waals surface area contributed by atoms with E-state index in [-0.39, 0.29) is 5.91 Å². The fourth-order valence-corrected chi connectivity index (χ4v) is 1.90. The number of unbranched alkanes of at least 4 members (excludes halogenated alkanes) is 3. The maximum absolute atomic E-state index is 11.9. The molecule has 0 radical (unpaired) electrons. The van der Waals surface area contributed by atoms with Crippen molar-refractivity contribution in [2.75, 3.05) is 13.1 Å². The van der Waals surface area contributed by atoms with Gasteiger partial charge in [0.05, 0.1) is 0 Å². The Labute approximate surface area is 144 Å². The Balaban J connectivity index is 0. The highest BCUT2D eigenvalue weighted by atomic mass is 16.1. The Morgan fingerprint density at radius 3 is 2.04 bits per heavy atom. The maximum atomic E-state index is 11.9. The molecule has 0 heterocycles. The molecule has 3 nitrogen and oxygen atoms in total. The van der Waals surface area contributed by atoms with Crippen molar-refractivity contribution in [3.63, 3.8) is 0 Å². The molecule has 23 heavy (non-hydrogen) atoms. The number of carbonyl (C=O) groups is 1. The van der Waals surface area contributed by atoms with Crippen molar-refractivity contribution in [1.29, 1.82) is 0 Å². The largest absolute Gasteiger partial charge is 0.352 e. The lowest BCUT2D eigenvalue weighted by atomic mass is 10.1. The number of benzene rings is 1. The lowest BCUT2D eigenvalue weighted by molar-refractivity contribution is 0.0953. The van der Waals surface area contributed by atoms with Crippen molar-refractivity contribution in [1.82, 2.24) is 10.6 Å². The van der Waals surface area contributed by atoms with E-state index in [4.69, 9.17) is 0 Å². The summed E-state index contributed by atoms with van der Waals surface area (Å²) in [7, 11) is 0. The third kappa shape index (κ3) is 12.8. The van der Waals surface area contributed by atoms with Crippen molar-refractivity contribution < 1.29 is 4.79 Å². The molecule has 3 heteroatoms. The first-order valence-electron chi connectivity index (χ1n) is 9.35. The van der Waals surface area contributed by atoms with E-state index >= 15 is 0 Å². The number of hydrogen-bond donors (Lipinski definition) is 2. The van der Waals surface area contributed by atoms with Crippen LogP contribution in [0, 0.1) is 0 Å². The van der Waals surface area contributed by atoms with Gasteiger partial charge in [-0.05, 0) is 30.7 Å². The van der Waals surface area contributed by atoms with Gasteiger partial charge in [-0.2, -0.15) is 0 Å². The Morgan fingerprint density at radius 2 is 1.52 bits per heavy atom. The summed E-state index contributed by atoms with van der Waals surface area (Å²) in [5.74, 6) is 0.0338. The van der Waals surface area contributed by atoms with Crippen LogP contribution in [0.1, 0.15) is 83.1 Å². The maximum Gasteiger partial charge on any atom is 0.251 e. The Hall–Kier alpha value is -1.35. The van der Waals surface area contributed by atoms with E-state index in [0.29, 0.717) is 0 Å². The van der Waals surface area contributed by atoms with Gasteiger partial charge in [-0.3, -0.25) is 4.79 Å². The van der Waals surface area contributed by atoms with Crippen LogP contribution in [-0.2, 0) is 6.54 Å². The van der Waals surface area contributed by atoms with E-state index in [1.165, 1.54) is 24.8 Å². The molecule has 0 aliphatic heterocycles. The topological polar surface area (TPSA) is 41.1 Å². The second kappa shape index (κ2) is 18.7. The van der Waals surface area contributed by atoms with Crippen molar-refractivity contribution in [3.8, 4) is 0 Å². The summed E-state index contributed by atoms with van der Waals surface area (Å²) in [6.07, 6.45) is 4.73. The monoisotopic (exact) mass is 322 g/mol. The molecule has 0 saturated carbocycles. The molecule has 0 spiro atoms. The summed E-state index contributed by atoms with van der Waals surface area (Å²) in [5, 5.41) is 6.23. The average Bonchev–Trinajstić information content (AvgIpc) is 2.63. The quantitative estimate of drug-likeness (QED) is 0.617. The smallest absolute Gasteiger partial charge is 0.251 e. The van der Waals surface area contributed by atoms with Gasteiger partial charge in [-0.1, -0.05) is 72.9 Å². The fraction of sp³-hybridized carbons (Fsp3) is 0.650. The van der Waals surface area contributed by atoms with Gasteiger partial charge in [0, 0.05) is 18.7 Å². The molecule has 0 aliphatic rings. The number of carbonyl (C=O) groups excluding carboxylic acids is 1. The first kappa shape index (κ1) is 23.9. The van der Waals surface area contributed by atoms with Crippen LogP contribution in [0.3, 0.4) is 0 Å². The zero-order valence-corrected chi connectivity index (χ0v) is 16.2. The molecule has 0 aromatic heterocycles. The predicted molar refractivity (Wildman–Crippen MR) is 103 cm³/mol. The van der Waals surface area contributed by atoms with Gasteiger partial charge in [0.15, 0.2) is 0 Å². The Kier molecular flexibility index (Phi) is 19.4. The van der Waals surface area contributed by atoms with Gasteiger partial charge >= 0.3 is 0 Å². The second-order valence-electron chi connectivity index (χ2n) is 4.79. The number of amides is 1. The molecule has 1 aromatic rings. The molecular weight excluding hydrogens is 284 g/mol. The van der Waals surface area contributed by atoms with Gasteiger partial charge in [0.25, 0.3) is 5.91 Å². The lowest BCUT2D eigenvalue weighted by Crippen LogP contribution is -2.24. The number of hydrogen-bond acceptors (Lipinski definition) is 2. The third-order valence-corrected chi connectivity index (χ3v) is 3.11. The van der Waals surface area contributed by atoms with E-state index in [0.717, 1.165) is 31.6 Å². The Morgan fingerprint density at radius 1 is 0.913 bits per heavy atom. The van der Waals surface area contributed by atoms with Gasteiger partial charge in [0.2, 0.25) is 0 Å². The summed E-state index contributed by atoms with van der Waals surface area (Å²) in [6.45, 7) is 14.9. The molecule has 0 bridgehead atoms. The summed E-state index contributed by atoms with van der Waals surface area (Å²) in [6, 6.07) is 7.81. The molecule has 0 fully saturated rings. The van der Waals surface area contributed by atoms with Gasteiger partial charge < -0.3 is 10.6 Å². The highest BCUT2D eigenvalue weighted by molar-refractivity contribution is 5.94. The summed E-state index contributed by atoms with van der Waals surface area (Å²) < 4.78 is 0. The van der Waals surface area contributed by atoms with Crippen LogP contribution in [0.4, 0.5) is 0 Å². The van der Waals surface area contributed by atoms with Crippen LogP contribution in [0.5, 0.6) is 0 Å². The molecule has 2 N–H and O–H groups in total. The highest BCUT2D eigenvalue weighted by Crippen LogP contribution is 2.04. The first-order valence-corrected chi connectivity index (χ1v) is 9.35. The minimum Gasteiger partial charge on any atom is -0.352 e. The van der Waals surface area contributed by atoms with E-state index in [9.17, 15) is 4.79 Å². The highest BCUT2D eigenvalue weighted by Gasteiger charge is 2.04. The van der Waals surface area contributed by atoms with Crippen molar-refractivity contribution in [2.45, 2.75) is 73.8 Å². The van der Waals surface area contributed by atoms with Crippen molar-refractivity contribution >= 4 is 5.91 Å². The normalized spacial score (nSPS) is 9.13. The van der Waals surface area contributed by atoms with Crippen LogP contribution < -0.4 is 10.6 Å². The zero-order valence-electron chi connectivity index (χ0n) is 16.2. The zero-order chi connectivity index (χ0) is 17.9. The van der Waals surface area contributed by atoms with E-state index in [2.05, 4.69) is 24.5 Å². The molecular formula is C20H38N2O. The van der Waals surface area contributed by atoms with Gasteiger partial charge in [-0.25, -0.2) is 0 Å². The fourth-order valence-electron chi connectivity index (χ4n) is 1.90. The van der Waals surface area contributed by atoms with Crippen molar-refractivity contribution in [3.05, 3.63) is 35.4 Å². The average molecular weight is 323 g/mol. The number of nitrogens with one attached hydrogen (secondary N) is 2. The number of rotatable bonds is 9. The first-order chi connectivity index (χ1) is 11.3. The van der Waals surface area contributed by atoms with Crippen LogP contribution in [0.2, 0.25) is 0 Å². The lowest BCUT2D eigenvalue weighted by Gasteiger charge is -2.06. The molecule has 0 atom stereocenters. The minimum atomic E-state index is 0.0338. The second-order valence-corrected chi connectivity index (χ2v) is 4.79.